The molecule has 0 saturated carbocycles. The molecule has 0 aromatic carbocycles. The second-order valence-corrected chi connectivity index (χ2v) is 7.11. The van der Waals surface area contributed by atoms with Crippen molar-refractivity contribution in [1.82, 2.24) is 15.5 Å². The number of likely N-dealkylation sites (tertiary alicyclic amines) is 1. The molecule has 138 valence electrons. The van der Waals surface area contributed by atoms with Crippen molar-refractivity contribution in [2.24, 2.45) is 0 Å². The topological polar surface area (TPSA) is 91.7 Å². The van der Waals surface area contributed by atoms with Crippen molar-refractivity contribution in [3.05, 3.63) is 46.5 Å². The summed E-state index contributed by atoms with van der Waals surface area (Å²) >= 11 is 1.53. The number of nitrogens with one attached hydrogen (secondary N) is 2. The van der Waals surface area contributed by atoms with E-state index in [1.165, 1.54) is 17.6 Å². The Morgan fingerprint density at radius 3 is 2.85 bits per heavy atom. The Labute approximate surface area is 155 Å². The van der Waals surface area contributed by atoms with E-state index in [4.69, 9.17) is 4.42 Å². The SMILES string of the molecule is O=C(CNC(=O)C1CCCN1C(=O)Cc1cccs1)NCc1ccco1. The number of rotatable bonds is 7. The number of thiophene rings is 1. The van der Waals surface area contributed by atoms with Crippen LogP contribution in [0.15, 0.2) is 40.3 Å². The molecule has 26 heavy (non-hydrogen) atoms. The van der Waals surface area contributed by atoms with Crippen molar-refractivity contribution < 1.29 is 18.8 Å². The highest BCUT2D eigenvalue weighted by molar-refractivity contribution is 7.10. The summed E-state index contributed by atoms with van der Waals surface area (Å²) in [5.41, 5.74) is 0. The molecule has 7 nitrogen and oxygen atoms in total. The third kappa shape index (κ3) is 4.72. The molecule has 1 atom stereocenters. The molecule has 2 aromatic rings. The van der Waals surface area contributed by atoms with Crippen LogP contribution in [0, 0.1) is 0 Å². The van der Waals surface area contributed by atoms with Crippen LogP contribution in [-0.4, -0.2) is 41.8 Å². The molecule has 0 spiro atoms. The largest absolute Gasteiger partial charge is 0.467 e. The maximum Gasteiger partial charge on any atom is 0.243 e. The number of carbonyl (C=O) groups is 3. The van der Waals surface area contributed by atoms with Crippen molar-refractivity contribution in [1.29, 1.82) is 0 Å². The van der Waals surface area contributed by atoms with Crippen LogP contribution in [0.4, 0.5) is 0 Å². The summed E-state index contributed by atoms with van der Waals surface area (Å²) < 4.78 is 5.13. The number of hydrogen-bond donors (Lipinski definition) is 2. The van der Waals surface area contributed by atoms with Gasteiger partial charge < -0.3 is 20.0 Å². The highest BCUT2D eigenvalue weighted by atomic mass is 32.1. The Morgan fingerprint density at radius 1 is 1.23 bits per heavy atom. The van der Waals surface area contributed by atoms with Gasteiger partial charge in [-0.05, 0) is 36.4 Å². The van der Waals surface area contributed by atoms with Gasteiger partial charge in [-0.3, -0.25) is 14.4 Å². The van der Waals surface area contributed by atoms with Gasteiger partial charge in [-0.2, -0.15) is 0 Å². The van der Waals surface area contributed by atoms with E-state index in [0.29, 0.717) is 25.1 Å². The zero-order valence-electron chi connectivity index (χ0n) is 14.3. The summed E-state index contributed by atoms with van der Waals surface area (Å²) in [6.07, 6.45) is 3.26. The van der Waals surface area contributed by atoms with E-state index in [2.05, 4.69) is 10.6 Å². The molecule has 1 saturated heterocycles. The summed E-state index contributed by atoms with van der Waals surface area (Å²) in [5, 5.41) is 7.22. The first-order valence-electron chi connectivity index (χ1n) is 8.52. The number of hydrogen-bond acceptors (Lipinski definition) is 5. The van der Waals surface area contributed by atoms with E-state index in [0.717, 1.165) is 11.3 Å². The molecule has 0 aliphatic carbocycles. The van der Waals surface area contributed by atoms with Gasteiger partial charge in [0.05, 0.1) is 25.8 Å². The van der Waals surface area contributed by atoms with E-state index in [9.17, 15) is 14.4 Å². The summed E-state index contributed by atoms with van der Waals surface area (Å²) in [5.74, 6) is 0.0116. The lowest BCUT2D eigenvalue weighted by atomic mass is 10.2. The highest BCUT2D eigenvalue weighted by Gasteiger charge is 2.34. The Balaban J connectivity index is 1.45. The van der Waals surface area contributed by atoms with Gasteiger partial charge in [0.15, 0.2) is 0 Å². The summed E-state index contributed by atoms with van der Waals surface area (Å²) in [4.78, 5) is 39.3. The second-order valence-electron chi connectivity index (χ2n) is 6.08. The van der Waals surface area contributed by atoms with E-state index in [1.54, 1.807) is 17.0 Å². The van der Waals surface area contributed by atoms with Gasteiger partial charge in [-0.15, -0.1) is 11.3 Å². The fourth-order valence-electron chi connectivity index (χ4n) is 2.95. The fourth-order valence-corrected chi connectivity index (χ4v) is 3.64. The third-order valence-electron chi connectivity index (χ3n) is 4.24. The van der Waals surface area contributed by atoms with Gasteiger partial charge in [0.1, 0.15) is 11.8 Å². The minimum atomic E-state index is -0.500. The minimum Gasteiger partial charge on any atom is -0.467 e. The number of carbonyl (C=O) groups excluding carboxylic acids is 3. The Kier molecular flexibility index (Phi) is 6.06. The van der Waals surface area contributed by atoms with Gasteiger partial charge in [-0.1, -0.05) is 6.07 Å². The van der Waals surface area contributed by atoms with Crippen molar-refractivity contribution in [3.63, 3.8) is 0 Å². The fraction of sp³-hybridized carbons (Fsp3) is 0.389. The molecule has 3 rings (SSSR count). The molecule has 2 N–H and O–H groups in total. The van der Waals surface area contributed by atoms with E-state index in [-0.39, 0.29) is 30.8 Å². The van der Waals surface area contributed by atoms with Crippen molar-refractivity contribution in [2.75, 3.05) is 13.1 Å². The Hall–Kier alpha value is -2.61. The molecule has 1 aliphatic rings. The van der Waals surface area contributed by atoms with Crippen LogP contribution in [0.3, 0.4) is 0 Å². The van der Waals surface area contributed by atoms with Crippen LogP contribution in [0.25, 0.3) is 0 Å². The van der Waals surface area contributed by atoms with Gasteiger partial charge in [0.25, 0.3) is 0 Å². The molecule has 1 aliphatic heterocycles. The predicted molar refractivity (Wildman–Crippen MR) is 96.3 cm³/mol. The maximum absolute atomic E-state index is 12.5. The van der Waals surface area contributed by atoms with Crippen LogP contribution in [0.2, 0.25) is 0 Å². The zero-order chi connectivity index (χ0) is 18.4. The molecule has 0 radical (unpaired) electrons. The van der Waals surface area contributed by atoms with Crippen LogP contribution < -0.4 is 10.6 Å². The van der Waals surface area contributed by atoms with Crippen LogP contribution in [0.5, 0.6) is 0 Å². The normalized spacial score (nSPS) is 16.5. The lowest BCUT2D eigenvalue weighted by molar-refractivity contribution is -0.138. The average molecular weight is 375 g/mol. The predicted octanol–water partition coefficient (Wildman–Crippen LogP) is 1.31. The van der Waals surface area contributed by atoms with E-state index in [1.807, 2.05) is 17.5 Å². The van der Waals surface area contributed by atoms with Crippen LogP contribution in [0.1, 0.15) is 23.5 Å². The highest BCUT2D eigenvalue weighted by Crippen LogP contribution is 2.20. The van der Waals surface area contributed by atoms with E-state index >= 15 is 0 Å². The third-order valence-corrected chi connectivity index (χ3v) is 5.12. The summed E-state index contributed by atoms with van der Waals surface area (Å²) in [6, 6.07) is 6.82. The lowest BCUT2D eigenvalue weighted by Gasteiger charge is -2.23. The zero-order valence-corrected chi connectivity index (χ0v) is 15.1. The summed E-state index contributed by atoms with van der Waals surface area (Å²) in [7, 11) is 0. The molecule has 1 unspecified atom stereocenters. The molecular weight excluding hydrogens is 354 g/mol. The van der Waals surface area contributed by atoms with Gasteiger partial charge in [-0.25, -0.2) is 0 Å². The Bertz CT molecular complexity index is 743. The van der Waals surface area contributed by atoms with Crippen LogP contribution in [-0.2, 0) is 27.3 Å². The monoisotopic (exact) mass is 375 g/mol. The molecule has 1 fully saturated rings. The smallest absolute Gasteiger partial charge is 0.243 e. The molecule has 0 bridgehead atoms. The van der Waals surface area contributed by atoms with Gasteiger partial charge in [0, 0.05) is 11.4 Å². The molecule has 8 heteroatoms. The minimum absolute atomic E-state index is 0.0487. The number of amides is 3. The Morgan fingerprint density at radius 2 is 2.12 bits per heavy atom. The molecule has 3 heterocycles. The van der Waals surface area contributed by atoms with Crippen molar-refractivity contribution >= 4 is 29.1 Å². The molecule has 3 amide bonds. The van der Waals surface area contributed by atoms with Crippen LogP contribution >= 0.6 is 11.3 Å². The van der Waals surface area contributed by atoms with Gasteiger partial charge in [0.2, 0.25) is 17.7 Å². The van der Waals surface area contributed by atoms with Crippen molar-refractivity contribution in [2.45, 2.75) is 31.8 Å². The maximum atomic E-state index is 12.5. The molecule has 2 aromatic heterocycles. The number of furan rings is 1. The average Bonchev–Trinajstić information content (AvgIpc) is 3.39. The quantitative estimate of drug-likeness (QED) is 0.763. The standard InChI is InChI=1S/C18H21N3O4S/c22-16(19-11-13-4-2-8-25-13)12-20-18(24)15-6-1-7-21(15)17(23)10-14-5-3-9-26-14/h2-5,8-9,15H,1,6-7,10-12H2,(H,19,22)(H,20,24). The first kappa shape index (κ1) is 18.2. The van der Waals surface area contributed by atoms with Crippen molar-refractivity contribution in [3.8, 4) is 0 Å². The van der Waals surface area contributed by atoms with Gasteiger partial charge >= 0.3 is 0 Å². The second kappa shape index (κ2) is 8.66. The first-order chi connectivity index (χ1) is 12.6. The number of nitrogens with zero attached hydrogens (tertiary/aromatic N) is 1. The van der Waals surface area contributed by atoms with E-state index < -0.39 is 6.04 Å². The summed E-state index contributed by atoms with van der Waals surface area (Å²) in [6.45, 7) is 0.729. The molecular formula is C18H21N3O4S. The lowest BCUT2D eigenvalue weighted by Crippen LogP contribution is -2.48. The first-order valence-corrected chi connectivity index (χ1v) is 9.40.